The van der Waals surface area contributed by atoms with Crippen molar-refractivity contribution in [2.75, 3.05) is 14.2 Å². The van der Waals surface area contributed by atoms with Crippen molar-refractivity contribution in [1.29, 1.82) is 5.26 Å². The van der Waals surface area contributed by atoms with Crippen LogP contribution in [0.1, 0.15) is 10.6 Å². The molecule has 0 atom stereocenters. The number of hydrogen-bond donors (Lipinski definition) is 0. The number of nitrogens with zero attached hydrogens (tertiary/aromatic N) is 2. The van der Waals surface area contributed by atoms with Gasteiger partial charge in [0.05, 0.1) is 25.5 Å². The van der Waals surface area contributed by atoms with Crippen molar-refractivity contribution < 1.29 is 9.47 Å². The van der Waals surface area contributed by atoms with Crippen LogP contribution in [0.4, 0.5) is 0 Å². The van der Waals surface area contributed by atoms with E-state index in [4.69, 9.17) is 9.47 Å². The summed E-state index contributed by atoms with van der Waals surface area (Å²) >= 11 is 4.85. The lowest BCUT2D eigenvalue weighted by Crippen LogP contribution is -1.91. The third kappa shape index (κ3) is 3.96. The van der Waals surface area contributed by atoms with Gasteiger partial charge in [-0.25, -0.2) is 4.98 Å². The van der Waals surface area contributed by atoms with Gasteiger partial charge in [-0.15, -0.1) is 11.3 Å². The van der Waals surface area contributed by atoms with Gasteiger partial charge in [0.25, 0.3) is 0 Å². The summed E-state index contributed by atoms with van der Waals surface area (Å²) in [5.41, 5.74) is 3.19. The highest BCUT2D eigenvalue weighted by atomic mass is 79.9. The third-order valence-corrected chi connectivity index (χ3v) is 5.12. The van der Waals surface area contributed by atoms with Gasteiger partial charge in [0, 0.05) is 15.4 Å². The number of aromatic nitrogens is 1. The molecule has 0 saturated heterocycles. The van der Waals surface area contributed by atoms with Crippen molar-refractivity contribution in [2.45, 2.75) is 0 Å². The summed E-state index contributed by atoms with van der Waals surface area (Å²) in [5, 5.41) is 12.1. The Balaban J connectivity index is 1.93. The number of nitriles is 1. The molecule has 0 aliphatic heterocycles. The van der Waals surface area contributed by atoms with Crippen molar-refractivity contribution in [1.82, 2.24) is 4.98 Å². The van der Waals surface area contributed by atoms with Gasteiger partial charge in [-0.1, -0.05) is 28.1 Å². The van der Waals surface area contributed by atoms with Crippen molar-refractivity contribution in [3.63, 3.8) is 0 Å². The number of halogens is 1. The molecule has 0 N–H and O–H groups in total. The summed E-state index contributed by atoms with van der Waals surface area (Å²) in [6.07, 6.45) is 1.84. The second kappa shape index (κ2) is 8.17. The molecule has 0 aliphatic carbocycles. The van der Waals surface area contributed by atoms with E-state index in [0.29, 0.717) is 22.1 Å². The molecule has 130 valence electrons. The normalized spacial score (nSPS) is 11.1. The first kappa shape index (κ1) is 18.2. The van der Waals surface area contributed by atoms with Crippen LogP contribution in [-0.4, -0.2) is 19.2 Å². The number of methoxy groups -OCH3 is 2. The maximum atomic E-state index is 9.53. The van der Waals surface area contributed by atoms with Gasteiger partial charge >= 0.3 is 0 Å². The molecule has 0 radical (unpaired) electrons. The highest BCUT2D eigenvalue weighted by Crippen LogP contribution is 2.33. The first-order valence-electron chi connectivity index (χ1n) is 7.70. The second-order valence-corrected chi connectivity index (χ2v) is 7.10. The van der Waals surface area contributed by atoms with Crippen molar-refractivity contribution in [3.05, 3.63) is 62.9 Å². The fraction of sp³-hybridized carbons (Fsp3) is 0.100. The van der Waals surface area contributed by atoms with Gasteiger partial charge in [0.15, 0.2) is 11.5 Å². The number of hydrogen-bond acceptors (Lipinski definition) is 5. The fourth-order valence-electron chi connectivity index (χ4n) is 2.39. The lowest BCUT2D eigenvalue weighted by atomic mass is 10.1. The van der Waals surface area contributed by atoms with Crippen molar-refractivity contribution in [2.24, 2.45) is 0 Å². The van der Waals surface area contributed by atoms with Gasteiger partial charge in [-0.2, -0.15) is 5.26 Å². The zero-order valence-electron chi connectivity index (χ0n) is 14.2. The minimum atomic E-state index is 0.532. The summed E-state index contributed by atoms with van der Waals surface area (Å²) in [4.78, 5) is 4.62. The molecule has 0 aliphatic rings. The summed E-state index contributed by atoms with van der Waals surface area (Å²) in [5.74, 6) is 1.31. The van der Waals surface area contributed by atoms with E-state index < -0.39 is 0 Å². The first-order valence-corrected chi connectivity index (χ1v) is 9.37. The molecule has 3 rings (SSSR count). The van der Waals surface area contributed by atoms with Crippen LogP contribution in [0.15, 0.2) is 52.3 Å². The van der Waals surface area contributed by atoms with Crippen molar-refractivity contribution in [3.8, 4) is 28.8 Å². The predicted octanol–water partition coefficient (Wildman–Crippen LogP) is 5.65. The topological polar surface area (TPSA) is 55.1 Å². The molecule has 2 aromatic carbocycles. The molecule has 3 aromatic rings. The van der Waals surface area contributed by atoms with Crippen LogP contribution in [-0.2, 0) is 0 Å². The van der Waals surface area contributed by atoms with Gasteiger partial charge < -0.3 is 9.47 Å². The van der Waals surface area contributed by atoms with E-state index in [1.54, 1.807) is 14.2 Å². The Kier molecular flexibility index (Phi) is 5.71. The van der Waals surface area contributed by atoms with Crippen LogP contribution in [0.25, 0.3) is 22.9 Å². The highest BCUT2D eigenvalue weighted by molar-refractivity contribution is 9.10. The van der Waals surface area contributed by atoms with E-state index in [0.717, 1.165) is 21.3 Å². The summed E-state index contributed by atoms with van der Waals surface area (Å²) in [6.45, 7) is 0. The Bertz CT molecular complexity index is 988. The molecule has 0 unspecified atom stereocenters. The molecular formula is C20H15BrN2O2S. The third-order valence-electron chi connectivity index (χ3n) is 3.72. The van der Waals surface area contributed by atoms with Crippen LogP contribution in [0.2, 0.25) is 0 Å². The molecule has 0 saturated carbocycles. The molecule has 1 aromatic heterocycles. The molecule has 0 fully saturated rings. The second-order valence-electron chi connectivity index (χ2n) is 5.33. The molecule has 6 heteroatoms. The molecule has 4 nitrogen and oxygen atoms in total. The van der Waals surface area contributed by atoms with Gasteiger partial charge in [0.1, 0.15) is 11.1 Å². The Morgan fingerprint density at radius 2 is 1.85 bits per heavy atom. The monoisotopic (exact) mass is 426 g/mol. The molecule has 0 amide bonds. The number of thiazole rings is 1. The largest absolute Gasteiger partial charge is 0.493 e. The number of ether oxygens (including phenoxy) is 2. The summed E-state index contributed by atoms with van der Waals surface area (Å²) in [7, 11) is 3.20. The number of allylic oxidation sites excluding steroid dienone is 1. The van der Waals surface area contributed by atoms with Crippen LogP contribution in [0.5, 0.6) is 11.5 Å². The Labute approximate surface area is 164 Å². The lowest BCUT2D eigenvalue weighted by molar-refractivity contribution is 0.355. The average Bonchev–Trinajstić information content (AvgIpc) is 3.17. The van der Waals surface area contributed by atoms with E-state index in [-0.39, 0.29) is 0 Å². The number of benzene rings is 2. The molecular weight excluding hydrogens is 412 g/mol. The SMILES string of the molecule is COc1ccc(-c2csc(C(C#N)=Cc3ccc(Br)cc3)n2)cc1OC. The van der Waals surface area contributed by atoms with E-state index in [2.05, 4.69) is 27.0 Å². The van der Waals surface area contributed by atoms with Gasteiger partial charge in [-0.3, -0.25) is 0 Å². The predicted molar refractivity (Wildman–Crippen MR) is 108 cm³/mol. The highest BCUT2D eigenvalue weighted by Gasteiger charge is 2.12. The number of rotatable bonds is 5. The maximum Gasteiger partial charge on any atom is 0.161 e. The molecule has 1 heterocycles. The standard InChI is InChI=1S/C20H15BrN2O2S/c1-24-18-8-5-14(10-19(18)25-2)17-12-26-20(23-17)15(11-22)9-13-3-6-16(21)7-4-13/h3-10,12H,1-2H3. The summed E-state index contributed by atoms with van der Waals surface area (Å²) in [6, 6.07) is 15.7. The summed E-state index contributed by atoms with van der Waals surface area (Å²) < 4.78 is 11.6. The quantitative estimate of drug-likeness (QED) is 0.494. The molecule has 0 bridgehead atoms. The van der Waals surface area contributed by atoms with Gasteiger partial charge in [0.2, 0.25) is 0 Å². The van der Waals surface area contributed by atoms with Gasteiger partial charge in [-0.05, 0) is 42.0 Å². The van der Waals surface area contributed by atoms with Crippen LogP contribution in [0, 0.1) is 11.3 Å². The Morgan fingerprint density at radius 3 is 2.50 bits per heavy atom. The van der Waals surface area contributed by atoms with Crippen LogP contribution < -0.4 is 9.47 Å². The zero-order valence-corrected chi connectivity index (χ0v) is 16.6. The van der Waals surface area contributed by atoms with E-state index >= 15 is 0 Å². The van der Waals surface area contributed by atoms with Crippen molar-refractivity contribution >= 4 is 38.9 Å². The van der Waals surface area contributed by atoms with Crippen LogP contribution >= 0.6 is 27.3 Å². The van der Waals surface area contributed by atoms with E-state index in [1.165, 1.54) is 11.3 Å². The Morgan fingerprint density at radius 1 is 1.12 bits per heavy atom. The van der Waals surface area contributed by atoms with E-state index in [9.17, 15) is 5.26 Å². The van der Waals surface area contributed by atoms with Crippen LogP contribution in [0.3, 0.4) is 0 Å². The smallest absolute Gasteiger partial charge is 0.161 e. The minimum Gasteiger partial charge on any atom is -0.493 e. The van der Waals surface area contributed by atoms with E-state index in [1.807, 2.05) is 53.9 Å². The molecule has 0 spiro atoms. The maximum absolute atomic E-state index is 9.53. The fourth-order valence-corrected chi connectivity index (χ4v) is 3.45. The first-order chi connectivity index (χ1) is 12.6. The average molecular weight is 427 g/mol. The molecule has 26 heavy (non-hydrogen) atoms. The minimum absolute atomic E-state index is 0.532. The lowest BCUT2D eigenvalue weighted by Gasteiger charge is -2.08. The zero-order chi connectivity index (χ0) is 18.5. The Hall–Kier alpha value is -2.62.